The number of carboxylic acid groups (broad SMARTS) is 1. The molecular formula is C17H18N2O4S2. The molecule has 6 nitrogen and oxygen atoms in total. The molecule has 0 aliphatic carbocycles. The van der Waals surface area contributed by atoms with Crippen LogP contribution in [-0.2, 0) is 4.79 Å². The number of benzene rings is 1. The van der Waals surface area contributed by atoms with Crippen molar-refractivity contribution in [2.45, 2.75) is 12.5 Å². The molecule has 3 rings (SSSR count). The smallest absolute Gasteiger partial charge is 0.305 e. The van der Waals surface area contributed by atoms with Crippen LogP contribution in [0.4, 0.5) is 0 Å². The fourth-order valence-electron chi connectivity index (χ4n) is 2.68. The van der Waals surface area contributed by atoms with Crippen molar-refractivity contribution < 1.29 is 19.4 Å². The Morgan fingerprint density at radius 2 is 2.12 bits per heavy atom. The first-order chi connectivity index (χ1) is 12.1. The van der Waals surface area contributed by atoms with Crippen molar-refractivity contribution >= 4 is 35.0 Å². The minimum atomic E-state index is -0.887. The minimum Gasteiger partial charge on any atom is -0.497 e. The molecule has 1 aliphatic heterocycles. The molecular weight excluding hydrogens is 360 g/mol. The second-order valence-corrected chi connectivity index (χ2v) is 7.60. The van der Waals surface area contributed by atoms with Gasteiger partial charge in [-0.3, -0.25) is 9.59 Å². The first kappa shape index (κ1) is 17.8. The summed E-state index contributed by atoms with van der Waals surface area (Å²) in [6.45, 7) is 0.552. The van der Waals surface area contributed by atoms with Crippen LogP contribution < -0.4 is 4.74 Å². The molecule has 1 amide bonds. The zero-order valence-electron chi connectivity index (χ0n) is 13.7. The average molecular weight is 378 g/mol. The van der Waals surface area contributed by atoms with Gasteiger partial charge >= 0.3 is 5.97 Å². The van der Waals surface area contributed by atoms with Crippen molar-refractivity contribution in [3.63, 3.8) is 0 Å². The summed E-state index contributed by atoms with van der Waals surface area (Å²) in [6, 6.07) is 7.22. The topological polar surface area (TPSA) is 79.7 Å². The summed E-state index contributed by atoms with van der Waals surface area (Å²) in [6.07, 6.45) is -0.0335. The van der Waals surface area contributed by atoms with E-state index in [9.17, 15) is 9.59 Å². The van der Waals surface area contributed by atoms with Gasteiger partial charge in [0.1, 0.15) is 16.5 Å². The van der Waals surface area contributed by atoms with Gasteiger partial charge in [-0.25, -0.2) is 4.98 Å². The number of rotatable bonds is 5. The van der Waals surface area contributed by atoms with Crippen molar-refractivity contribution in [3.8, 4) is 16.3 Å². The number of nitrogens with zero attached hydrogens (tertiary/aromatic N) is 2. The van der Waals surface area contributed by atoms with E-state index in [1.54, 1.807) is 29.2 Å². The van der Waals surface area contributed by atoms with E-state index in [0.717, 1.165) is 22.1 Å². The second-order valence-electron chi connectivity index (χ2n) is 5.59. The maximum absolute atomic E-state index is 12.8. The summed E-state index contributed by atoms with van der Waals surface area (Å²) >= 11 is 3.08. The lowest BCUT2D eigenvalue weighted by molar-refractivity contribution is -0.138. The van der Waals surface area contributed by atoms with Gasteiger partial charge in [-0.2, -0.15) is 11.8 Å². The van der Waals surface area contributed by atoms with Crippen LogP contribution in [0.3, 0.4) is 0 Å². The number of thioether (sulfide) groups is 1. The van der Waals surface area contributed by atoms with E-state index >= 15 is 0 Å². The number of ether oxygens (including phenoxy) is 1. The molecule has 2 aromatic rings. The first-order valence-electron chi connectivity index (χ1n) is 7.79. The monoisotopic (exact) mass is 378 g/mol. The Kier molecular flexibility index (Phi) is 5.60. The van der Waals surface area contributed by atoms with Crippen molar-refractivity contribution in [2.24, 2.45) is 0 Å². The van der Waals surface area contributed by atoms with Crippen molar-refractivity contribution in [1.29, 1.82) is 0 Å². The van der Waals surface area contributed by atoms with E-state index in [1.807, 2.05) is 24.3 Å². The molecule has 132 valence electrons. The van der Waals surface area contributed by atoms with Crippen LogP contribution in [0.25, 0.3) is 10.6 Å². The standard InChI is InChI=1S/C17H18N2O4S2/c1-23-13-4-2-11(3-5-13)16-18-14(10-25-16)17(22)19-6-7-24-9-12(19)8-15(20)21/h2-5,10,12H,6-9H2,1H3,(H,20,21)/t12-/m1/s1. The number of aromatic nitrogens is 1. The zero-order valence-corrected chi connectivity index (χ0v) is 15.3. The number of amides is 1. The lowest BCUT2D eigenvalue weighted by Gasteiger charge is -2.34. The third-order valence-electron chi connectivity index (χ3n) is 3.96. The van der Waals surface area contributed by atoms with E-state index in [2.05, 4.69) is 4.98 Å². The fourth-order valence-corrected chi connectivity index (χ4v) is 4.54. The Hall–Kier alpha value is -2.06. The van der Waals surface area contributed by atoms with Gasteiger partial charge in [-0.1, -0.05) is 0 Å². The van der Waals surface area contributed by atoms with E-state index < -0.39 is 5.97 Å². The van der Waals surface area contributed by atoms with Crippen LogP contribution in [0.1, 0.15) is 16.9 Å². The fraction of sp³-hybridized carbons (Fsp3) is 0.353. The maximum atomic E-state index is 12.8. The van der Waals surface area contributed by atoms with Crippen LogP contribution in [0.5, 0.6) is 5.75 Å². The molecule has 1 saturated heterocycles. The summed E-state index contributed by atoms with van der Waals surface area (Å²) < 4.78 is 5.14. The molecule has 1 fully saturated rings. The van der Waals surface area contributed by atoms with Gasteiger partial charge in [0.25, 0.3) is 5.91 Å². The van der Waals surface area contributed by atoms with Crippen molar-refractivity contribution in [1.82, 2.24) is 9.88 Å². The molecule has 2 heterocycles. The molecule has 0 unspecified atom stereocenters. The molecule has 1 aromatic carbocycles. The maximum Gasteiger partial charge on any atom is 0.305 e. The van der Waals surface area contributed by atoms with E-state index in [1.165, 1.54) is 11.3 Å². The van der Waals surface area contributed by atoms with Gasteiger partial charge in [-0.05, 0) is 24.3 Å². The molecule has 1 aromatic heterocycles. The minimum absolute atomic E-state index is 0.0335. The third-order valence-corrected chi connectivity index (χ3v) is 5.94. The average Bonchev–Trinajstić information content (AvgIpc) is 3.11. The number of hydrogen-bond donors (Lipinski definition) is 1. The number of hydrogen-bond acceptors (Lipinski definition) is 6. The van der Waals surface area contributed by atoms with Gasteiger partial charge in [0.05, 0.1) is 19.6 Å². The van der Waals surface area contributed by atoms with Crippen molar-refractivity contribution in [2.75, 3.05) is 25.2 Å². The number of methoxy groups -OCH3 is 1. The van der Waals surface area contributed by atoms with Gasteiger partial charge in [0.15, 0.2) is 0 Å². The third kappa shape index (κ3) is 4.13. The largest absolute Gasteiger partial charge is 0.497 e. The van der Waals surface area contributed by atoms with Gasteiger partial charge in [-0.15, -0.1) is 11.3 Å². The summed E-state index contributed by atoms with van der Waals surface area (Å²) in [7, 11) is 1.61. The highest BCUT2D eigenvalue weighted by Crippen LogP contribution is 2.27. The Morgan fingerprint density at radius 3 is 2.80 bits per heavy atom. The molecule has 1 atom stereocenters. The highest BCUT2D eigenvalue weighted by Gasteiger charge is 2.30. The predicted octanol–water partition coefficient (Wildman–Crippen LogP) is 2.85. The lowest BCUT2D eigenvalue weighted by Crippen LogP contribution is -2.47. The quantitative estimate of drug-likeness (QED) is 0.862. The van der Waals surface area contributed by atoms with Crippen LogP contribution in [0.15, 0.2) is 29.6 Å². The normalized spacial score (nSPS) is 17.3. The number of carbonyl (C=O) groups excluding carboxylic acids is 1. The molecule has 25 heavy (non-hydrogen) atoms. The molecule has 8 heteroatoms. The predicted molar refractivity (Wildman–Crippen MR) is 98.5 cm³/mol. The van der Waals surface area contributed by atoms with E-state index in [-0.39, 0.29) is 18.4 Å². The molecule has 1 N–H and O–H groups in total. The Bertz CT molecular complexity index is 760. The molecule has 0 saturated carbocycles. The van der Waals surface area contributed by atoms with E-state index in [4.69, 9.17) is 9.84 Å². The Balaban J connectivity index is 1.77. The summed E-state index contributed by atoms with van der Waals surface area (Å²) in [5.41, 5.74) is 1.29. The zero-order chi connectivity index (χ0) is 17.8. The molecule has 0 spiro atoms. The van der Waals surface area contributed by atoms with Crippen LogP contribution in [0.2, 0.25) is 0 Å². The Labute approximate surface area is 153 Å². The summed E-state index contributed by atoms with van der Waals surface area (Å²) in [4.78, 5) is 29.9. The van der Waals surface area contributed by atoms with Gasteiger partial charge < -0.3 is 14.7 Å². The molecule has 0 radical (unpaired) electrons. The highest BCUT2D eigenvalue weighted by molar-refractivity contribution is 7.99. The molecule has 0 bridgehead atoms. The van der Waals surface area contributed by atoms with Crippen LogP contribution in [-0.4, -0.2) is 58.1 Å². The number of aliphatic carboxylic acids is 1. The Morgan fingerprint density at radius 1 is 1.36 bits per heavy atom. The number of thiazole rings is 1. The number of carboxylic acids is 1. The van der Waals surface area contributed by atoms with Gasteiger partial charge in [0, 0.05) is 29.0 Å². The SMILES string of the molecule is COc1ccc(-c2nc(C(=O)N3CCSC[C@H]3CC(=O)O)cs2)cc1. The van der Waals surface area contributed by atoms with Gasteiger partial charge in [0.2, 0.25) is 0 Å². The number of carbonyl (C=O) groups is 2. The van der Waals surface area contributed by atoms with Crippen LogP contribution in [0, 0.1) is 0 Å². The highest BCUT2D eigenvalue weighted by atomic mass is 32.2. The van der Waals surface area contributed by atoms with Crippen LogP contribution >= 0.6 is 23.1 Å². The second kappa shape index (κ2) is 7.88. The first-order valence-corrected chi connectivity index (χ1v) is 9.82. The van der Waals surface area contributed by atoms with Crippen molar-refractivity contribution in [3.05, 3.63) is 35.3 Å². The van der Waals surface area contributed by atoms with E-state index in [0.29, 0.717) is 18.0 Å². The summed E-state index contributed by atoms with van der Waals surface area (Å²) in [5, 5.41) is 11.6. The molecule has 1 aliphatic rings. The summed E-state index contributed by atoms with van der Waals surface area (Å²) in [5.74, 6) is 1.15. The lowest BCUT2D eigenvalue weighted by atomic mass is 10.2.